The number of hydrogen-bond donors (Lipinski definition) is 3. The SMILES string of the molecule is Cc1c(NN)nc(C(C)C)nc1NCC1CN(C)CCO1. The van der Waals surface area contributed by atoms with E-state index in [0.717, 1.165) is 43.4 Å². The predicted molar refractivity (Wildman–Crippen MR) is 84.4 cm³/mol. The van der Waals surface area contributed by atoms with Crippen LogP contribution in [0.3, 0.4) is 0 Å². The first kappa shape index (κ1) is 15.9. The lowest BCUT2D eigenvalue weighted by atomic mass is 10.2. The molecule has 118 valence electrons. The van der Waals surface area contributed by atoms with Gasteiger partial charge in [-0.2, -0.15) is 0 Å². The van der Waals surface area contributed by atoms with Crippen molar-refractivity contribution in [2.75, 3.05) is 44.0 Å². The molecule has 21 heavy (non-hydrogen) atoms. The van der Waals surface area contributed by atoms with Crippen molar-refractivity contribution in [3.05, 3.63) is 11.4 Å². The predicted octanol–water partition coefficient (Wildman–Crippen LogP) is 0.937. The fourth-order valence-electron chi connectivity index (χ4n) is 2.31. The van der Waals surface area contributed by atoms with Crippen LogP contribution >= 0.6 is 0 Å². The summed E-state index contributed by atoms with van der Waals surface area (Å²) in [4.78, 5) is 11.3. The van der Waals surface area contributed by atoms with Crippen LogP contribution in [0.5, 0.6) is 0 Å². The molecule has 0 spiro atoms. The summed E-state index contributed by atoms with van der Waals surface area (Å²) >= 11 is 0. The number of nitrogens with one attached hydrogen (secondary N) is 2. The van der Waals surface area contributed by atoms with Crippen LogP contribution in [0, 0.1) is 6.92 Å². The molecular formula is C14H26N6O. The van der Waals surface area contributed by atoms with Gasteiger partial charge in [0.05, 0.1) is 12.7 Å². The van der Waals surface area contributed by atoms with Crippen molar-refractivity contribution < 1.29 is 4.74 Å². The van der Waals surface area contributed by atoms with Gasteiger partial charge in [-0.3, -0.25) is 0 Å². The Morgan fingerprint density at radius 3 is 2.71 bits per heavy atom. The number of likely N-dealkylation sites (N-methyl/N-ethyl adjacent to an activating group) is 1. The molecule has 0 saturated carbocycles. The Hall–Kier alpha value is -1.44. The molecule has 7 heteroatoms. The molecule has 0 aliphatic carbocycles. The van der Waals surface area contributed by atoms with Crippen LogP contribution in [0.1, 0.15) is 31.2 Å². The topological polar surface area (TPSA) is 88.3 Å². The van der Waals surface area contributed by atoms with Crippen molar-refractivity contribution in [3.8, 4) is 0 Å². The second-order valence-corrected chi connectivity index (χ2v) is 5.84. The van der Waals surface area contributed by atoms with Gasteiger partial charge in [-0.05, 0) is 14.0 Å². The van der Waals surface area contributed by atoms with Gasteiger partial charge < -0.3 is 20.4 Å². The normalized spacial score (nSPS) is 19.8. The van der Waals surface area contributed by atoms with Gasteiger partial charge in [-0.15, -0.1) is 0 Å². The van der Waals surface area contributed by atoms with Crippen LogP contribution in [0.2, 0.25) is 0 Å². The van der Waals surface area contributed by atoms with Crippen molar-refractivity contribution in [1.29, 1.82) is 0 Å². The molecule has 1 aromatic heterocycles. The molecule has 1 aromatic rings. The molecule has 1 atom stereocenters. The average molecular weight is 294 g/mol. The molecule has 1 unspecified atom stereocenters. The number of ether oxygens (including phenoxy) is 1. The van der Waals surface area contributed by atoms with E-state index < -0.39 is 0 Å². The lowest BCUT2D eigenvalue weighted by Gasteiger charge is -2.30. The number of anilines is 2. The lowest BCUT2D eigenvalue weighted by molar-refractivity contribution is -0.0117. The standard InChI is InChI=1S/C14H26N6O/c1-9(2)12-17-13(10(3)14(18-12)19-15)16-7-11-8-20(4)5-6-21-11/h9,11H,5-8,15H2,1-4H3,(H2,16,17,18,19). The van der Waals surface area contributed by atoms with Crippen LogP contribution < -0.4 is 16.6 Å². The zero-order chi connectivity index (χ0) is 15.4. The molecule has 1 saturated heterocycles. The molecule has 7 nitrogen and oxygen atoms in total. The molecule has 0 radical (unpaired) electrons. The molecular weight excluding hydrogens is 268 g/mol. The summed E-state index contributed by atoms with van der Waals surface area (Å²) in [5.41, 5.74) is 3.57. The van der Waals surface area contributed by atoms with Gasteiger partial charge in [0, 0.05) is 31.1 Å². The van der Waals surface area contributed by atoms with Crippen LogP contribution in [0.4, 0.5) is 11.6 Å². The van der Waals surface area contributed by atoms with Gasteiger partial charge in [-0.25, -0.2) is 15.8 Å². The highest BCUT2D eigenvalue weighted by Gasteiger charge is 2.19. The third-order valence-electron chi connectivity index (χ3n) is 3.66. The Balaban J connectivity index is 2.09. The molecule has 4 N–H and O–H groups in total. The maximum Gasteiger partial charge on any atom is 0.148 e. The van der Waals surface area contributed by atoms with E-state index in [-0.39, 0.29) is 12.0 Å². The minimum Gasteiger partial charge on any atom is -0.374 e. The van der Waals surface area contributed by atoms with Gasteiger partial charge in [0.1, 0.15) is 17.5 Å². The number of hydrogen-bond acceptors (Lipinski definition) is 7. The Kier molecular flexibility index (Phi) is 5.33. The minimum atomic E-state index is 0.176. The lowest BCUT2D eigenvalue weighted by Crippen LogP contribution is -2.43. The zero-order valence-electron chi connectivity index (χ0n) is 13.3. The van der Waals surface area contributed by atoms with Crippen molar-refractivity contribution in [3.63, 3.8) is 0 Å². The Labute approximate surface area is 126 Å². The van der Waals surface area contributed by atoms with Gasteiger partial charge in [0.15, 0.2) is 0 Å². The van der Waals surface area contributed by atoms with Crippen molar-refractivity contribution >= 4 is 11.6 Å². The Bertz CT molecular complexity index is 479. The van der Waals surface area contributed by atoms with E-state index in [1.54, 1.807) is 0 Å². The number of hydrazine groups is 1. The number of nitrogen functional groups attached to an aromatic ring is 1. The molecule has 0 bridgehead atoms. The monoisotopic (exact) mass is 294 g/mol. The number of nitrogens with zero attached hydrogens (tertiary/aromatic N) is 3. The third-order valence-corrected chi connectivity index (χ3v) is 3.66. The molecule has 2 rings (SSSR count). The zero-order valence-corrected chi connectivity index (χ0v) is 13.3. The van der Waals surface area contributed by atoms with Gasteiger partial charge in [0.25, 0.3) is 0 Å². The smallest absolute Gasteiger partial charge is 0.148 e. The Morgan fingerprint density at radius 1 is 1.38 bits per heavy atom. The van der Waals surface area contributed by atoms with Gasteiger partial charge in [0.2, 0.25) is 0 Å². The second-order valence-electron chi connectivity index (χ2n) is 5.84. The molecule has 1 aliphatic heterocycles. The average Bonchev–Trinajstić information content (AvgIpc) is 2.46. The first-order valence-corrected chi connectivity index (χ1v) is 7.40. The molecule has 2 heterocycles. The van der Waals surface area contributed by atoms with E-state index in [0.29, 0.717) is 5.82 Å². The number of nitrogens with two attached hydrogens (primary N) is 1. The highest BCUT2D eigenvalue weighted by molar-refractivity contribution is 5.56. The van der Waals surface area contributed by atoms with Crippen LogP contribution in [-0.2, 0) is 4.74 Å². The van der Waals surface area contributed by atoms with Crippen LogP contribution in [0.25, 0.3) is 0 Å². The maximum absolute atomic E-state index is 5.76. The molecule has 1 aliphatic rings. The molecule has 0 amide bonds. The van der Waals surface area contributed by atoms with Gasteiger partial charge >= 0.3 is 0 Å². The van der Waals surface area contributed by atoms with Crippen molar-refractivity contribution in [1.82, 2.24) is 14.9 Å². The Morgan fingerprint density at radius 2 is 2.10 bits per heavy atom. The summed E-state index contributed by atoms with van der Waals surface area (Å²) in [5.74, 6) is 8.05. The van der Waals surface area contributed by atoms with E-state index in [1.807, 2.05) is 6.92 Å². The number of morpholine rings is 1. The fourth-order valence-corrected chi connectivity index (χ4v) is 2.31. The largest absolute Gasteiger partial charge is 0.374 e. The minimum absolute atomic E-state index is 0.176. The highest BCUT2D eigenvalue weighted by atomic mass is 16.5. The molecule has 0 aromatic carbocycles. The fraction of sp³-hybridized carbons (Fsp3) is 0.714. The van der Waals surface area contributed by atoms with Crippen LogP contribution in [-0.4, -0.2) is 54.3 Å². The van der Waals surface area contributed by atoms with E-state index in [4.69, 9.17) is 10.6 Å². The second kappa shape index (κ2) is 7.02. The summed E-state index contributed by atoms with van der Waals surface area (Å²) in [6.45, 7) is 9.50. The van der Waals surface area contributed by atoms with Crippen molar-refractivity contribution in [2.45, 2.75) is 32.8 Å². The van der Waals surface area contributed by atoms with E-state index >= 15 is 0 Å². The summed E-state index contributed by atoms with van der Waals surface area (Å²) in [5, 5.41) is 3.37. The molecule has 1 fully saturated rings. The summed E-state index contributed by atoms with van der Waals surface area (Å²) in [6.07, 6.45) is 0.176. The third kappa shape index (κ3) is 4.03. The number of aromatic nitrogens is 2. The van der Waals surface area contributed by atoms with Crippen LogP contribution in [0.15, 0.2) is 0 Å². The number of rotatable bonds is 5. The van der Waals surface area contributed by atoms with E-state index in [1.165, 1.54) is 0 Å². The van der Waals surface area contributed by atoms with Gasteiger partial charge in [-0.1, -0.05) is 13.8 Å². The first-order chi connectivity index (χ1) is 10.0. The maximum atomic E-state index is 5.76. The van der Waals surface area contributed by atoms with E-state index in [2.05, 4.69) is 46.5 Å². The summed E-state index contributed by atoms with van der Waals surface area (Å²) < 4.78 is 5.76. The van der Waals surface area contributed by atoms with E-state index in [9.17, 15) is 0 Å². The summed E-state index contributed by atoms with van der Waals surface area (Å²) in [7, 11) is 2.11. The highest BCUT2D eigenvalue weighted by Crippen LogP contribution is 2.22. The quantitative estimate of drug-likeness (QED) is 0.550. The first-order valence-electron chi connectivity index (χ1n) is 7.40. The van der Waals surface area contributed by atoms with Crippen molar-refractivity contribution in [2.24, 2.45) is 5.84 Å². The summed E-state index contributed by atoms with van der Waals surface area (Å²) in [6, 6.07) is 0.